The molecule has 1 aromatic carbocycles. The first-order valence-corrected chi connectivity index (χ1v) is 9.55. The molecule has 2 heterocycles. The van der Waals surface area contributed by atoms with Gasteiger partial charge in [0.15, 0.2) is 0 Å². The summed E-state index contributed by atoms with van der Waals surface area (Å²) in [5.41, 5.74) is -0.131. The van der Waals surface area contributed by atoms with Crippen LogP contribution in [0.25, 0.3) is 0 Å². The zero-order valence-electron chi connectivity index (χ0n) is 16.7. The van der Waals surface area contributed by atoms with Crippen LogP contribution in [0.4, 0.5) is 11.5 Å². The fourth-order valence-electron chi connectivity index (χ4n) is 3.55. The minimum absolute atomic E-state index is 0.192. The van der Waals surface area contributed by atoms with E-state index in [4.69, 9.17) is 0 Å². The molecule has 1 aliphatic heterocycles. The lowest BCUT2D eigenvalue weighted by Crippen LogP contribution is -2.47. The third-order valence-electron chi connectivity index (χ3n) is 5.30. The fourth-order valence-corrected chi connectivity index (χ4v) is 3.55. The van der Waals surface area contributed by atoms with Crippen LogP contribution in [0.3, 0.4) is 0 Å². The van der Waals surface area contributed by atoms with E-state index in [0.717, 1.165) is 48.0 Å². The lowest BCUT2D eigenvalue weighted by atomic mass is 10.2. The number of hydrogen-bond donors (Lipinski definition) is 1. The molecule has 1 fully saturated rings. The molecule has 0 spiro atoms. The van der Waals surface area contributed by atoms with E-state index in [1.165, 1.54) is 24.7 Å². The van der Waals surface area contributed by atoms with Gasteiger partial charge in [-0.1, -0.05) is 12.1 Å². The van der Waals surface area contributed by atoms with Crippen LogP contribution in [0.2, 0.25) is 0 Å². The second kappa shape index (κ2) is 8.91. The zero-order chi connectivity index (χ0) is 21.0. The summed E-state index contributed by atoms with van der Waals surface area (Å²) in [6.45, 7) is 4.36. The van der Waals surface area contributed by atoms with Crippen LogP contribution < -0.4 is 21.2 Å². The van der Waals surface area contributed by atoms with Gasteiger partial charge in [0.25, 0.3) is 5.56 Å². The number of phenolic OH excluding ortho intramolecular Hbond substituents is 1. The van der Waals surface area contributed by atoms with E-state index in [1.807, 2.05) is 12.1 Å². The molecule has 1 aromatic heterocycles. The van der Waals surface area contributed by atoms with Crippen molar-refractivity contribution in [1.29, 1.82) is 0 Å². The van der Waals surface area contributed by atoms with Crippen molar-refractivity contribution < 1.29 is 5.11 Å². The third-order valence-corrected chi connectivity index (χ3v) is 5.30. The van der Waals surface area contributed by atoms with Gasteiger partial charge >= 0.3 is 5.69 Å². The highest BCUT2D eigenvalue weighted by Gasteiger charge is 2.20. The third kappa shape index (κ3) is 4.48. The van der Waals surface area contributed by atoms with Crippen LogP contribution in [0.5, 0.6) is 5.75 Å². The van der Waals surface area contributed by atoms with Gasteiger partial charge in [-0.05, 0) is 18.6 Å². The van der Waals surface area contributed by atoms with Gasteiger partial charge in [0.1, 0.15) is 11.6 Å². The summed E-state index contributed by atoms with van der Waals surface area (Å²) in [6.07, 6.45) is 0.658. The van der Waals surface area contributed by atoms with Gasteiger partial charge in [-0.3, -0.25) is 18.8 Å². The van der Waals surface area contributed by atoms with E-state index in [2.05, 4.69) is 15.1 Å². The Hall–Kier alpha value is -3.14. The van der Waals surface area contributed by atoms with Crippen molar-refractivity contribution in [3.63, 3.8) is 0 Å². The van der Waals surface area contributed by atoms with Crippen LogP contribution >= 0.6 is 0 Å². The minimum atomic E-state index is -0.499. The van der Waals surface area contributed by atoms with Crippen LogP contribution in [0.15, 0.2) is 45.2 Å². The number of aromatic nitrogens is 2. The van der Waals surface area contributed by atoms with Crippen molar-refractivity contribution in [2.24, 2.45) is 19.4 Å². The van der Waals surface area contributed by atoms with Crippen LogP contribution in [0, 0.1) is 4.91 Å². The summed E-state index contributed by atoms with van der Waals surface area (Å²) >= 11 is 0. The predicted octanol–water partition coefficient (Wildman–Crippen LogP) is 0.490. The Morgan fingerprint density at radius 1 is 1.07 bits per heavy atom. The molecule has 156 valence electrons. The van der Waals surface area contributed by atoms with Gasteiger partial charge in [0.05, 0.1) is 11.0 Å². The fraction of sp³-hybridized carbons (Fsp3) is 0.474. The molecule has 0 saturated carbocycles. The normalized spacial score (nSPS) is 14.8. The van der Waals surface area contributed by atoms with Crippen molar-refractivity contribution in [3.05, 3.63) is 56.1 Å². The summed E-state index contributed by atoms with van der Waals surface area (Å²) in [6, 6.07) is 8.56. The molecule has 0 atom stereocenters. The maximum absolute atomic E-state index is 12.0. The van der Waals surface area contributed by atoms with Gasteiger partial charge in [0, 0.05) is 59.4 Å². The number of benzene rings is 1. The molecule has 0 amide bonds. The first kappa shape index (κ1) is 20.6. The number of nitroso groups, excluding NO2 is 1. The molecule has 0 radical (unpaired) electrons. The predicted molar refractivity (Wildman–Crippen MR) is 111 cm³/mol. The van der Waals surface area contributed by atoms with E-state index < -0.39 is 11.2 Å². The molecule has 0 aliphatic carbocycles. The Labute approximate surface area is 168 Å². The quantitative estimate of drug-likeness (QED) is 0.531. The minimum Gasteiger partial charge on any atom is -0.506 e. The molecule has 1 N–H and O–H groups in total. The van der Waals surface area contributed by atoms with E-state index in [-0.39, 0.29) is 11.6 Å². The molecule has 1 aliphatic rings. The van der Waals surface area contributed by atoms with Crippen LogP contribution in [-0.4, -0.2) is 58.4 Å². The molecule has 29 heavy (non-hydrogen) atoms. The Balaban J connectivity index is 1.54. The summed E-state index contributed by atoms with van der Waals surface area (Å²) in [4.78, 5) is 39.6. The van der Waals surface area contributed by atoms with Gasteiger partial charge in [0.2, 0.25) is 0 Å². The Bertz CT molecular complexity index is 977. The molecule has 0 bridgehead atoms. The van der Waals surface area contributed by atoms with Gasteiger partial charge < -0.3 is 10.0 Å². The van der Waals surface area contributed by atoms with E-state index in [9.17, 15) is 19.6 Å². The van der Waals surface area contributed by atoms with Crippen LogP contribution in [0.1, 0.15) is 6.42 Å². The first-order valence-electron chi connectivity index (χ1n) is 9.55. The van der Waals surface area contributed by atoms with Crippen molar-refractivity contribution in [2.45, 2.75) is 6.42 Å². The SMILES string of the molecule is Cn1c(N(CCCN2CCN(c3ccccc3O)CC2)N=O)cc(=O)n(C)c1=O. The number of nitrogens with zero attached hydrogens (tertiary/aromatic N) is 6. The Morgan fingerprint density at radius 3 is 2.41 bits per heavy atom. The standard InChI is InChI=1S/C19H26N6O4/c1-21-17(14-18(27)22(2)19(21)28)25(20-29)9-5-8-23-10-12-24(13-11-23)15-6-3-4-7-16(15)26/h3-4,6-7,14,26H,5,8-13H2,1-2H3. The maximum Gasteiger partial charge on any atom is 0.332 e. The second-order valence-corrected chi connectivity index (χ2v) is 7.12. The smallest absolute Gasteiger partial charge is 0.332 e. The Kier molecular flexibility index (Phi) is 6.32. The number of piperazine rings is 1. The highest BCUT2D eigenvalue weighted by molar-refractivity contribution is 5.57. The summed E-state index contributed by atoms with van der Waals surface area (Å²) in [7, 11) is 2.90. The molecule has 10 heteroatoms. The lowest BCUT2D eigenvalue weighted by molar-refractivity contribution is 0.255. The summed E-state index contributed by atoms with van der Waals surface area (Å²) < 4.78 is 2.23. The highest BCUT2D eigenvalue weighted by Crippen LogP contribution is 2.27. The number of aromatic hydroxyl groups is 1. The Morgan fingerprint density at radius 2 is 1.76 bits per heavy atom. The number of para-hydroxylation sites is 2. The zero-order valence-corrected chi connectivity index (χ0v) is 16.7. The van der Waals surface area contributed by atoms with E-state index in [1.54, 1.807) is 12.1 Å². The molecular weight excluding hydrogens is 376 g/mol. The average molecular weight is 402 g/mol. The molecule has 1 saturated heterocycles. The molecular formula is C19H26N6O4. The first-order chi connectivity index (χ1) is 13.9. The van der Waals surface area contributed by atoms with Crippen molar-refractivity contribution in [2.75, 3.05) is 49.2 Å². The van der Waals surface area contributed by atoms with Gasteiger partial charge in [-0.15, -0.1) is 4.91 Å². The number of hydrogen-bond acceptors (Lipinski definition) is 7. The average Bonchev–Trinajstić information content (AvgIpc) is 2.73. The van der Waals surface area contributed by atoms with Crippen LogP contribution in [-0.2, 0) is 14.1 Å². The number of rotatable bonds is 7. The largest absolute Gasteiger partial charge is 0.506 e. The molecule has 0 unspecified atom stereocenters. The number of phenols is 1. The maximum atomic E-state index is 12.0. The summed E-state index contributed by atoms with van der Waals surface area (Å²) in [5.74, 6) is 0.478. The van der Waals surface area contributed by atoms with Crippen molar-refractivity contribution >= 4 is 11.5 Å². The van der Waals surface area contributed by atoms with Gasteiger partial charge in [-0.25, -0.2) is 9.80 Å². The molecule has 2 aromatic rings. The topological polar surface area (TPSA) is 103 Å². The van der Waals surface area contributed by atoms with E-state index in [0.29, 0.717) is 13.0 Å². The number of anilines is 2. The monoisotopic (exact) mass is 402 g/mol. The highest BCUT2D eigenvalue weighted by atomic mass is 16.3. The van der Waals surface area contributed by atoms with E-state index >= 15 is 0 Å². The van der Waals surface area contributed by atoms with Crippen molar-refractivity contribution in [3.8, 4) is 5.75 Å². The molecule has 10 nitrogen and oxygen atoms in total. The summed E-state index contributed by atoms with van der Waals surface area (Å²) in [5, 5.41) is 14.1. The van der Waals surface area contributed by atoms with Crippen molar-refractivity contribution in [1.82, 2.24) is 14.0 Å². The van der Waals surface area contributed by atoms with Gasteiger partial charge in [-0.2, -0.15) is 0 Å². The second-order valence-electron chi connectivity index (χ2n) is 7.12. The lowest BCUT2D eigenvalue weighted by Gasteiger charge is -2.36. The molecule has 3 rings (SSSR count).